The molecule has 5 nitrogen and oxygen atoms in total. The van der Waals surface area contributed by atoms with E-state index in [1.165, 1.54) is 0 Å². The van der Waals surface area contributed by atoms with Crippen molar-refractivity contribution in [2.45, 2.75) is 26.5 Å². The average Bonchev–Trinajstić information content (AvgIpc) is 3.24. The minimum Gasteiger partial charge on any atom is -0.488 e. The van der Waals surface area contributed by atoms with Crippen molar-refractivity contribution in [2.75, 3.05) is 6.61 Å². The molecule has 0 fully saturated rings. The van der Waals surface area contributed by atoms with Crippen LogP contribution in [-0.2, 0) is 29.1 Å². The van der Waals surface area contributed by atoms with Gasteiger partial charge in [0.1, 0.15) is 23.7 Å². The van der Waals surface area contributed by atoms with Crippen LogP contribution in [0.2, 0.25) is 0 Å². The van der Waals surface area contributed by atoms with Crippen molar-refractivity contribution in [3.05, 3.63) is 89.5 Å². The molecule has 0 radical (unpaired) electrons. The van der Waals surface area contributed by atoms with Gasteiger partial charge in [-0.05, 0) is 30.7 Å². The number of furan rings is 1. The van der Waals surface area contributed by atoms with E-state index in [0.29, 0.717) is 25.5 Å². The van der Waals surface area contributed by atoms with Gasteiger partial charge >= 0.3 is 5.97 Å². The molecule has 31 heavy (non-hydrogen) atoms. The number of ether oxygens (including phenoxy) is 2. The first-order chi connectivity index (χ1) is 15.2. The Morgan fingerprint density at radius 3 is 2.61 bits per heavy atom. The first kappa shape index (κ1) is 20.7. The zero-order valence-electron chi connectivity index (χ0n) is 17.5. The molecule has 2 N–H and O–H groups in total. The van der Waals surface area contributed by atoms with E-state index < -0.39 is 0 Å². The largest absolute Gasteiger partial charge is 0.488 e. The molecule has 0 bridgehead atoms. The van der Waals surface area contributed by atoms with Gasteiger partial charge in [-0.15, -0.1) is 0 Å². The van der Waals surface area contributed by atoms with Crippen LogP contribution in [-0.4, -0.2) is 12.6 Å². The molecule has 0 atom stereocenters. The predicted molar refractivity (Wildman–Crippen MR) is 121 cm³/mol. The van der Waals surface area contributed by atoms with Crippen LogP contribution in [0.4, 0.5) is 0 Å². The summed E-state index contributed by atoms with van der Waals surface area (Å²) >= 11 is 0. The molecule has 0 amide bonds. The van der Waals surface area contributed by atoms with Gasteiger partial charge in [-0.25, -0.2) is 0 Å². The van der Waals surface area contributed by atoms with Crippen molar-refractivity contribution in [3.63, 3.8) is 0 Å². The van der Waals surface area contributed by atoms with E-state index in [9.17, 15) is 4.79 Å². The summed E-state index contributed by atoms with van der Waals surface area (Å²) in [6.45, 7) is 2.97. The first-order valence-electron chi connectivity index (χ1n) is 10.3. The lowest BCUT2D eigenvalue weighted by atomic mass is 10.1. The Bertz CT molecular complexity index is 1190. The number of fused-ring (bicyclic) bond motifs is 1. The van der Waals surface area contributed by atoms with E-state index >= 15 is 0 Å². The maximum absolute atomic E-state index is 11.9. The second-order valence-electron chi connectivity index (χ2n) is 7.23. The Morgan fingerprint density at radius 1 is 0.968 bits per heavy atom. The normalized spacial score (nSPS) is 10.9. The maximum atomic E-state index is 11.9. The number of carbonyl (C=O) groups is 1. The number of para-hydroxylation sites is 2. The zero-order valence-corrected chi connectivity index (χ0v) is 17.5. The molecule has 4 aromatic rings. The lowest BCUT2D eigenvalue weighted by Gasteiger charge is -2.11. The molecule has 0 saturated carbocycles. The Labute approximate surface area is 181 Å². The number of carbonyl (C=O) groups excluding carboxylic acids is 1. The van der Waals surface area contributed by atoms with Gasteiger partial charge in [-0.2, -0.15) is 0 Å². The minimum absolute atomic E-state index is 0.177. The van der Waals surface area contributed by atoms with Crippen LogP contribution >= 0.6 is 0 Å². The molecule has 0 unspecified atom stereocenters. The van der Waals surface area contributed by atoms with Crippen LogP contribution in [0.1, 0.15) is 23.6 Å². The quantitative estimate of drug-likeness (QED) is 0.398. The molecule has 0 aliphatic rings. The third kappa shape index (κ3) is 4.78. The summed E-state index contributed by atoms with van der Waals surface area (Å²) in [6.07, 6.45) is 0.177. The third-order valence-electron chi connectivity index (χ3n) is 5.07. The van der Waals surface area contributed by atoms with E-state index in [1.54, 1.807) is 6.92 Å². The molecule has 0 aliphatic carbocycles. The van der Waals surface area contributed by atoms with Gasteiger partial charge in [0.05, 0.1) is 13.0 Å². The number of hydrogen-bond donors (Lipinski definition) is 1. The number of hydrogen-bond acceptors (Lipinski definition) is 5. The summed E-state index contributed by atoms with van der Waals surface area (Å²) in [4.78, 5) is 11.9. The van der Waals surface area contributed by atoms with Crippen LogP contribution < -0.4 is 10.5 Å². The molecule has 0 spiro atoms. The summed E-state index contributed by atoms with van der Waals surface area (Å²) in [5, 5.41) is 1.01. The standard InChI is InChI=1S/C26H25NO4/c1-2-29-25(28)15-20-8-3-4-12-23(20)30-17-22-11-6-10-21-14-24(31-26(21)22)19-9-5-7-18(13-19)16-27/h3-14H,2,15-17,27H2,1H3. The fourth-order valence-electron chi connectivity index (χ4n) is 3.54. The molecule has 0 saturated heterocycles. The summed E-state index contributed by atoms with van der Waals surface area (Å²) in [5.74, 6) is 1.19. The highest BCUT2D eigenvalue weighted by molar-refractivity contribution is 5.85. The van der Waals surface area contributed by atoms with Gasteiger partial charge in [-0.1, -0.05) is 54.6 Å². The van der Waals surface area contributed by atoms with Crippen LogP contribution in [0, 0.1) is 0 Å². The molecule has 4 rings (SSSR count). The van der Waals surface area contributed by atoms with Crippen molar-refractivity contribution in [1.82, 2.24) is 0 Å². The maximum Gasteiger partial charge on any atom is 0.310 e. The van der Waals surface area contributed by atoms with Crippen molar-refractivity contribution >= 4 is 16.9 Å². The minimum atomic E-state index is -0.268. The fraction of sp³-hybridized carbons (Fsp3) is 0.192. The van der Waals surface area contributed by atoms with E-state index in [-0.39, 0.29) is 12.4 Å². The summed E-state index contributed by atoms with van der Waals surface area (Å²) in [6, 6.07) is 23.6. The van der Waals surface area contributed by atoms with Crippen LogP contribution in [0.15, 0.2) is 77.2 Å². The van der Waals surface area contributed by atoms with Gasteiger partial charge in [0.25, 0.3) is 0 Å². The summed E-state index contributed by atoms with van der Waals surface area (Å²) in [5.41, 5.74) is 10.3. The van der Waals surface area contributed by atoms with Crippen LogP contribution in [0.25, 0.3) is 22.3 Å². The lowest BCUT2D eigenvalue weighted by Crippen LogP contribution is -2.09. The zero-order chi connectivity index (χ0) is 21.6. The number of esters is 1. The highest BCUT2D eigenvalue weighted by Crippen LogP contribution is 2.31. The number of rotatable bonds is 8. The Kier molecular flexibility index (Phi) is 6.34. The number of benzene rings is 3. The molecule has 1 aromatic heterocycles. The second-order valence-corrected chi connectivity index (χ2v) is 7.23. The van der Waals surface area contributed by atoms with E-state index in [4.69, 9.17) is 19.6 Å². The highest BCUT2D eigenvalue weighted by Gasteiger charge is 2.13. The Hall–Kier alpha value is -3.57. The van der Waals surface area contributed by atoms with Crippen molar-refractivity contribution in [2.24, 2.45) is 5.73 Å². The highest BCUT2D eigenvalue weighted by atomic mass is 16.5. The molecule has 1 heterocycles. The van der Waals surface area contributed by atoms with Gasteiger partial charge in [0.2, 0.25) is 0 Å². The summed E-state index contributed by atoms with van der Waals surface area (Å²) in [7, 11) is 0. The van der Waals surface area contributed by atoms with Crippen molar-refractivity contribution in [1.29, 1.82) is 0 Å². The van der Waals surface area contributed by atoms with Crippen molar-refractivity contribution in [3.8, 4) is 17.1 Å². The monoisotopic (exact) mass is 415 g/mol. The predicted octanol–water partition coefficient (Wildman–Crippen LogP) is 5.24. The smallest absolute Gasteiger partial charge is 0.310 e. The van der Waals surface area contributed by atoms with Crippen LogP contribution in [0.5, 0.6) is 5.75 Å². The SMILES string of the molecule is CCOC(=O)Cc1ccccc1OCc1cccc2cc(-c3cccc(CN)c3)oc12. The van der Waals surface area contributed by atoms with Gasteiger partial charge in [0, 0.05) is 28.6 Å². The topological polar surface area (TPSA) is 74.7 Å². The Balaban J connectivity index is 1.57. The van der Waals surface area contributed by atoms with Crippen molar-refractivity contribution < 1.29 is 18.7 Å². The number of nitrogens with two attached hydrogens (primary N) is 1. The van der Waals surface area contributed by atoms with Gasteiger partial charge in [0.15, 0.2) is 0 Å². The second kappa shape index (κ2) is 9.49. The molecule has 158 valence electrons. The lowest BCUT2D eigenvalue weighted by molar-refractivity contribution is -0.142. The van der Waals surface area contributed by atoms with E-state index in [0.717, 1.165) is 39.0 Å². The molecule has 3 aromatic carbocycles. The molecule has 0 aliphatic heterocycles. The van der Waals surface area contributed by atoms with Gasteiger partial charge < -0.3 is 19.6 Å². The average molecular weight is 415 g/mol. The molecular weight excluding hydrogens is 390 g/mol. The first-order valence-corrected chi connectivity index (χ1v) is 10.3. The van der Waals surface area contributed by atoms with Gasteiger partial charge in [-0.3, -0.25) is 4.79 Å². The van der Waals surface area contributed by atoms with E-state index in [1.807, 2.05) is 72.8 Å². The molecular formula is C26H25NO4. The van der Waals surface area contributed by atoms with Crippen LogP contribution in [0.3, 0.4) is 0 Å². The Morgan fingerprint density at radius 2 is 1.77 bits per heavy atom. The molecule has 5 heteroatoms. The fourth-order valence-corrected chi connectivity index (χ4v) is 3.54. The van der Waals surface area contributed by atoms with E-state index in [2.05, 4.69) is 0 Å². The summed E-state index contributed by atoms with van der Waals surface area (Å²) < 4.78 is 17.3. The third-order valence-corrected chi connectivity index (χ3v) is 5.07.